The first kappa shape index (κ1) is 62.2. The molecule has 0 unspecified atom stereocenters. The van der Waals surface area contributed by atoms with Crippen LogP contribution in [-0.2, 0) is 44.1 Å². The van der Waals surface area contributed by atoms with Crippen molar-refractivity contribution in [3.8, 4) is 0 Å². The van der Waals surface area contributed by atoms with Crippen LogP contribution in [0.3, 0.4) is 0 Å². The predicted molar refractivity (Wildman–Crippen MR) is 358 cm³/mol. The van der Waals surface area contributed by atoms with E-state index in [1.54, 1.807) is 36.4 Å². The second kappa shape index (κ2) is 28.0. The highest BCUT2D eigenvalue weighted by Crippen LogP contribution is 2.39. The molecule has 7 aromatic carbocycles. The van der Waals surface area contributed by atoms with Crippen LogP contribution in [0.4, 0.5) is 17.1 Å². The minimum atomic E-state index is -0.398. The number of aryl methyl sites for hydroxylation is 6. The predicted octanol–water partition coefficient (Wildman–Crippen LogP) is 12.4. The average Bonchev–Trinajstić information content (AvgIpc) is 0.750. The van der Waals surface area contributed by atoms with Crippen LogP contribution >= 0.6 is 0 Å². The largest absolute Gasteiger partial charge is 0.871 e. The Labute approximate surface area is 536 Å². The van der Waals surface area contributed by atoms with E-state index < -0.39 is 23.6 Å². The first-order valence-electron chi connectivity index (χ1n) is 30.6. The van der Waals surface area contributed by atoms with Crippen LogP contribution < -0.4 is 31.3 Å². The van der Waals surface area contributed by atoms with Gasteiger partial charge in [-0.15, -0.1) is 0 Å². The van der Waals surface area contributed by atoms with E-state index in [1.807, 2.05) is 97.1 Å². The standard InChI is InChI=1S/C48H44N2O2.C30H26N6O4/c1-31-15-25-43(35(5)27-31)49(29-39-13-9-7-11-33(39)3)41-21-17-37(18-22-41)45-47(51)46(48(45)52)38-19-23-42(24-20-38)50(30-40-14-10-8-12-34(40)4)44-26-16-32(2)28-36(44)6;37-27-23-3-1-4-24(35-23)28(38)32-16-20-9-13-22(14-10-20)18-34-30(40)26-6-2-5-25(36-26)29(39)33-17-21-11-7-19(8-12-21)15-31-27/h7-28H,29-30H2,1-6H3;1-14H,15-18H2,(H,31,37)(H,32,38)(H,33,39)(H,34,40). The number of pyridine rings is 2. The van der Waals surface area contributed by atoms with E-state index in [0.717, 1.165) is 45.0 Å². The number of allylic oxidation sites excluding steroid dienone is 7. The summed E-state index contributed by atoms with van der Waals surface area (Å²) in [4.78, 5) is 75.1. The molecule has 0 radical (unpaired) electrons. The van der Waals surface area contributed by atoms with Crippen LogP contribution in [0.1, 0.15) is 114 Å². The maximum absolute atomic E-state index is 13.6. The third-order valence-corrected chi connectivity index (χ3v) is 16.6. The Bertz CT molecular complexity index is 4270. The normalized spacial score (nSPS) is 14.2. The number of ketones is 1. The van der Waals surface area contributed by atoms with Gasteiger partial charge in [0.1, 0.15) is 22.8 Å². The number of hydrogen-bond acceptors (Lipinski definition) is 9. The van der Waals surface area contributed by atoms with Crippen molar-refractivity contribution in [3.63, 3.8) is 0 Å². The Balaban J connectivity index is 0.000000195. The van der Waals surface area contributed by atoms with E-state index in [0.29, 0.717) is 24.2 Å². The van der Waals surface area contributed by atoms with Crippen LogP contribution in [0.25, 0.3) is 5.57 Å². The Morgan fingerprint density at radius 3 is 1.30 bits per heavy atom. The molecule has 0 atom stereocenters. The Morgan fingerprint density at radius 1 is 0.435 bits per heavy atom. The lowest BCUT2D eigenvalue weighted by Gasteiger charge is -2.33. The summed E-state index contributed by atoms with van der Waals surface area (Å²) >= 11 is 0. The lowest BCUT2D eigenvalue weighted by molar-refractivity contribution is -0.457. The molecular weight excluding hydrogens is 1140 g/mol. The first-order chi connectivity index (χ1) is 44.5. The molecule has 2 aromatic heterocycles. The SMILES string of the molecule is Cc1ccc(N(Cc2ccccc2C)c2ccc(C3=C([O-])C(=C4C=CC(=[N+](Cc5ccccc5C)c5ccc(C)cc5C)C=C4)C3=O)cc2)c(C)c1.O=C1NCc2ccc(cc2)CNC(=O)c2cccc(n2)C(=O)NCc2ccc(cc2)CNC(=O)c2cccc1n2. The third-order valence-electron chi connectivity index (χ3n) is 16.6. The molecule has 4 aliphatic heterocycles. The summed E-state index contributed by atoms with van der Waals surface area (Å²) in [5.74, 6) is -2.00. The van der Waals surface area contributed by atoms with Crippen LogP contribution in [0, 0.1) is 41.5 Å². The van der Waals surface area contributed by atoms with Gasteiger partial charge in [0.2, 0.25) is 11.4 Å². The van der Waals surface area contributed by atoms with Gasteiger partial charge in [-0.2, -0.15) is 4.58 Å². The highest BCUT2D eigenvalue weighted by molar-refractivity contribution is 6.39. The summed E-state index contributed by atoms with van der Waals surface area (Å²) in [7, 11) is 0. The van der Waals surface area contributed by atoms with Gasteiger partial charge in [0.05, 0.1) is 0 Å². The number of carbonyl (C=O) groups is 5. The fraction of sp³-hybridized carbons (Fsp3) is 0.154. The minimum Gasteiger partial charge on any atom is -0.871 e. The Hall–Kier alpha value is -11.4. The van der Waals surface area contributed by atoms with Gasteiger partial charge in [0.25, 0.3) is 23.6 Å². The first-order valence-corrected chi connectivity index (χ1v) is 30.6. The zero-order valence-electron chi connectivity index (χ0n) is 52.3. The number of carbonyl (C=O) groups excluding carboxylic acids is 5. The van der Waals surface area contributed by atoms with E-state index in [2.05, 4.69) is 167 Å². The fourth-order valence-corrected chi connectivity index (χ4v) is 11.3. The van der Waals surface area contributed by atoms with Gasteiger partial charge in [-0.3, -0.25) is 24.0 Å². The molecule has 9 aromatic rings. The van der Waals surface area contributed by atoms with Crippen molar-refractivity contribution in [2.24, 2.45) is 0 Å². The van der Waals surface area contributed by atoms with Gasteiger partial charge >= 0.3 is 0 Å². The third kappa shape index (κ3) is 14.5. The maximum atomic E-state index is 13.6. The molecule has 92 heavy (non-hydrogen) atoms. The van der Waals surface area contributed by atoms with Crippen LogP contribution in [0.15, 0.2) is 235 Å². The quantitative estimate of drug-likeness (QED) is 0.0848. The van der Waals surface area contributed by atoms with Gasteiger partial charge < -0.3 is 31.3 Å². The number of nitrogens with one attached hydrogen (secondary N) is 4. The summed E-state index contributed by atoms with van der Waals surface area (Å²) < 4.78 is 2.30. The molecule has 14 nitrogen and oxygen atoms in total. The summed E-state index contributed by atoms with van der Waals surface area (Å²) in [5.41, 5.74) is 19.7. The lowest BCUT2D eigenvalue weighted by Crippen LogP contribution is -2.30. The monoisotopic (exact) mass is 1210 g/mol. The minimum absolute atomic E-state index is 0.137. The number of amides is 4. The number of Topliss-reactive ketones (excluding diaryl/α,β-unsaturated/α-hetero) is 1. The maximum Gasteiger partial charge on any atom is 0.270 e. The molecule has 6 heterocycles. The molecule has 0 saturated carbocycles. The second-order valence-electron chi connectivity index (χ2n) is 23.3. The van der Waals surface area contributed by atoms with E-state index in [9.17, 15) is 29.1 Å². The van der Waals surface area contributed by atoms with E-state index >= 15 is 0 Å². The van der Waals surface area contributed by atoms with Crippen molar-refractivity contribution in [1.82, 2.24) is 31.2 Å². The molecule has 4 amide bonds. The number of aromatic nitrogens is 2. The lowest BCUT2D eigenvalue weighted by atomic mass is 9.80. The average molecular weight is 1220 g/mol. The van der Waals surface area contributed by atoms with Crippen molar-refractivity contribution in [2.45, 2.75) is 80.8 Å². The molecule has 0 fully saturated rings. The van der Waals surface area contributed by atoms with Crippen molar-refractivity contribution in [2.75, 3.05) is 4.90 Å². The molecule has 14 heteroatoms. The summed E-state index contributed by atoms with van der Waals surface area (Å²) in [6.07, 6.45) is 7.84. The van der Waals surface area contributed by atoms with Crippen LogP contribution in [-0.4, -0.2) is 49.7 Å². The van der Waals surface area contributed by atoms with Gasteiger partial charge in [-0.25, -0.2) is 9.97 Å². The zero-order chi connectivity index (χ0) is 64.4. The van der Waals surface area contributed by atoms with E-state index in [1.165, 1.54) is 44.5 Å². The molecule has 4 N–H and O–H groups in total. The van der Waals surface area contributed by atoms with Crippen molar-refractivity contribution in [3.05, 3.63) is 330 Å². The van der Waals surface area contributed by atoms with Crippen molar-refractivity contribution in [1.29, 1.82) is 0 Å². The van der Waals surface area contributed by atoms with Crippen LogP contribution in [0.5, 0.6) is 0 Å². The molecule has 0 saturated heterocycles. The number of benzene rings is 7. The van der Waals surface area contributed by atoms with Crippen LogP contribution in [0.2, 0.25) is 0 Å². The Morgan fingerprint density at radius 2 is 0.870 bits per heavy atom. The Kier molecular flexibility index (Phi) is 18.9. The number of hydrogen-bond donors (Lipinski definition) is 4. The van der Waals surface area contributed by atoms with Gasteiger partial charge in [0, 0.05) is 84.6 Å². The molecule has 458 valence electrons. The molecule has 8 bridgehead atoms. The van der Waals surface area contributed by atoms with Gasteiger partial charge in [0.15, 0.2) is 12.3 Å². The highest BCUT2D eigenvalue weighted by atomic mass is 16.3. The molecule has 6 aliphatic rings. The number of rotatable bonds is 8. The molecule has 0 spiro atoms. The number of nitrogens with zero attached hydrogens (tertiary/aromatic N) is 4. The van der Waals surface area contributed by atoms with E-state index in [-0.39, 0.29) is 71.6 Å². The van der Waals surface area contributed by atoms with Gasteiger partial charge in [-0.1, -0.05) is 156 Å². The summed E-state index contributed by atoms with van der Waals surface area (Å²) in [6, 6.07) is 61.9. The van der Waals surface area contributed by atoms with Crippen molar-refractivity contribution < 1.29 is 33.7 Å². The topological polar surface area (TPSA) is 189 Å². The molecular formula is C78H70N8O6. The molecule has 2 aliphatic carbocycles. The van der Waals surface area contributed by atoms with Crippen molar-refractivity contribution >= 4 is 57.8 Å². The zero-order valence-corrected chi connectivity index (χ0v) is 52.3. The number of anilines is 2. The second-order valence-corrected chi connectivity index (χ2v) is 23.3. The molecule has 15 rings (SSSR count). The smallest absolute Gasteiger partial charge is 0.270 e. The summed E-state index contributed by atoms with van der Waals surface area (Å²) in [5, 5.41) is 24.9. The van der Waals surface area contributed by atoms with E-state index in [4.69, 9.17) is 0 Å². The highest BCUT2D eigenvalue weighted by Gasteiger charge is 2.31. The fourth-order valence-electron chi connectivity index (χ4n) is 11.3. The van der Waals surface area contributed by atoms with Gasteiger partial charge in [-0.05, 0) is 158 Å². The summed E-state index contributed by atoms with van der Waals surface area (Å²) in [6.45, 7) is 15.2.